The molecule has 2 aromatic rings. The van der Waals surface area contributed by atoms with Gasteiger partial charge in [0.1, 0.15) is 15.8 Å². The summed E-state index contributed by atoms with van der Waals surface area (Å²) in [6.07, 6.45) is 3.36. The quantitative estimate of drug-likeness (QED) is 0.533. The Labute approximate surface area is 184 Å². The van der Waals surface area contributed by atoms with Gasteiger partial charge in [0.15, 0.2) is 0 Å². The van der Waals surface area contributed by atoms with Gasteiger partial charge in [-0.05, 0) is 45.9 Å². The van der Waals surface area contributed by atoms with E-state index < -0.39 is 0 Å². The zero-order valence-corrected chi connectivity index (χ0v) is 19.0. The Morgan fingerprint density at radius 2 is 1.93 bits per heavy atom. The van der Waals surface area contributed by atoms with Crippen LogP contribution in [-0.4, -0.2) is 55.9 Å². The summed E-state index contributed by atoms with van der Waals surface area (Å²) in [4.78, 5) is 35.2. The second kappa shape index (κ2) is 8.13. The molecule has 158 valence electrons. The van der Waals surface area contributed by atoms with Crippen LogP contribution in [0.4, 0.5) is 5.82 Å². The molecule has 30 heavy (non-hydrogen) atoms. The molecule has 4 heterocycles. The normalized spacial score (nSPS) is 24.0. The molecule has 0 saturated carbocycles. The van der Waals surface area contributed by atoms with E-state index in [1.54, 1.807) is 29.3 Å². The summed E-state index contributed by atoms with van der Waals surface area (Å²) in [5.74, 6) is 0.398. The molecule has 1 amide bonds. The fourth-order valence-electron chi connectivity index (χ4n) is 3.87. The minimum absolute atomic E-state index is 0.0109. The van der Waals surface area contributed by atoms with Crippen molar-refractivity contribution in [3.05, 3.63) is 45.2 Å². The van der Waals surface area contributed by atoms with Crippen molar-refractivity contribution < 1.29 is 9.53 Å². The Hall–Kier alpha value is -2.23. The van der Waals surface area contributed by atoms with Crippen LogP contribution >= 0.6 is 24.0 Å². The van der Waals surface area contributed by atoms with Crippen LogP contribution in [0.2, 0.25) is 0 Å². The van der Waals surface area contributed by atoms with E-state index in [1.165, 1.54) is 16.2 Å². The van der Waals surface area contributed by atoms with Crippen LogP contribution in [0.25, 0.3) is 11.7 Å². The van der Waals surface area contributed by atoms with Crippen molar-refractivity contribution in [1.82, 2.24) is 14.3 Å². The molecule has 0 aliphatic carbocycles. The maximum atomic E-state index is 13.4. The summed E-state index contributed by atoms with van der Waals surface area (Å²) in [5, 5.41) is 0. The number of anilines is 1. The summed E-state index contributed by atoms with van der Waals surface area (Å²) in [5.41, 5.74) is 0.748. The second-order valence-corrected chi connectivity index (χ2v) is 9.57. The average molecular weight is 445 g/mol. The van der Waals surface area contributed by atoms with E-state index in [4.69, 9.17) is 21.9 Å². The maximum Gasteiger partial charge on any atom is 0.267 e. The zero-order valence-electron chi connectivity index (χ0n) is 17.4. The average Bonchev–Trinajstić information content (AvgIpc) is 2.96. The third-order valence-corrected chi connectivity index (χ3v) is 6.41. The van der Waals surface area contributed by atoms with Crippen LogP contribution in [0.1, 0.15) is 33.3 Å². The van der Waals surface area contributed by atoms with Crippen LogP contribution in [-0.2, 0) is 9.53 Å². The van der Waals surface area contributed by atoms with Gasteiger partial charge >= 0.3 is 0 Å². The Bertz CT molecular complexity index is 1100. The molecule has 2 fully saturated rings. The van der Waals surface area contributed by atoms with E-state index in [1.807, 2.05) is 33.8 Å². The number of amides is 1. The van der Waals surface area contributed by atoms with Crippen molar-refractivity contribution in [2.75, 3.05) is 18.0 Å². The number of thioether (sulfide) groups is 1. The highest BCUT2D eigenvalue weighted by molar-refractivity contribution is 8.26. The lowest BCUT2D eigenvalue weighted by Gasteiger charge is -2.36. The zero-order chi connectivity index (χ0) is 21.6. The van der Waals surface area contributed by atoms with Gasteiger partial charge in [0.25, 0.3) is 11.5 Å². The third kappa shape index (κ3) is 3.77. The molecular weight excluding hydrogens is 420 g/mol. The number of hydrogen-bond donors (Lipinski definition) is 0. The van der Waals surface area contributed by atoms with E-state index in [9.17, 15) is 9.59 Å². The fourth-order valence-corrected chi connectivity index (χ4v) is 5.37. The highest BCUT2D eigenvalue weighted by Crippen LogP contribution is 2.35. The predicted molar refractivity (Wildman–Crippen MR) is 124 cm³/mol. The summed E-state index contributed by atoms with van der Waals surface area (Å²) >= 11 is 6.61. The lowest BCUT2D eigenvalue weighted by molar-refractivity contribution is -0.123. The Balaban J connectivity index is 1.88. The van der Waals surface area contributed by atoms with E-state index in [-0.39, 0.29) is 29.7 Å². The topological polar surface area (TPSA) is 67.2 Å². The number of fused-ring (bicyclic) bond motifs is 1. The minimum Gasteiger partial charge on any atom is -0.372 e. The third-order valence-electron chi connectivity index (χ3n) is 5.08. The molecule has 2 aliphatic rings. The SMILES string of the molecule is CC1CN(c2nc3ccccn3c(=O)c2/C=C2/SC(=S)N(C(C)C)C2=O)CC(C)O1. The van der Waals surface area contributed by atoms with E-state index >= 15 is 0 Å². The molecule has 7 nitrogen and oxygen atoms in total. The molecule has 0 N–H and O–H groups in total. The van der Waals surface area contributed by atoms with Crippen LogP contribution < -0.4 is 10.5 Å². The Kier molecular flexibility index (Phi) is 5.69. The first kappa shape index (κ1) is 21.0. The van der Waals surface area contributed by atoms with Crippen LogP contribution in [0.3, 0.4) is 0 Å². The van der Waals surface area contributed by atoms with Crippen molar-refractivity contribution in [2.24, 2.45) is 0 Å². The maximum absolute atomic E-state index is 13.4. The first-order valence-corrected chi connectivity index (χ1v) is 11.2. The lowest BCUT2D eigenvalue weighted by atomic mass is 10.2. The first-order valence-electron chi connectivity index (χ1n) is 9.95. The number of nitrogens with zero attached hydrogens (tertiary/aromatic N) is 4. The highest BCUT2D eigenvalue weighted by atomic mass is 32.2. The van der Waals surface area contributed by atoms with Gasteiger partial charge in [-0.15, -0.1) is 0 Å². The Morgan fingerprint density at radius 1 is 1.23 bits per heavy atom. The van der Waals surface area contributed by atoms with Gasteiger partial charge in [-0.1, -0.05) is 30.0 Å². The largest absolute Gasteiger partial charge is 0.372 e. The van der Waals surface area contributed by atoms with Crippen molar-refractivity contribution >= 4 is 51.7 Å². The predicted octanol–water partition coefficient (Wildman–Crippen LogP) is 2.92. The molecule has 2 unspecified atom stereocenters. The molecule has 2 saturated heterocycles. The molecule has 2 aliphatic heterocycles. The van der Waals surface area contributed by atoms with Gasteiger partial charge in [-0.25, -0.2) is 4.98 Å². The fraction of sp³-hybridized carbons (Fsp3) is 0.429. The van der Waals surface area contributed by atoms with Gasteiger partial charge in [0.2, 0.25) is 0 Å². The van der Waals surface area contributed by atoms with Crippen molar-refractivity contribution in [2.45, 2.75) is 45.9 Å². The highest BCUT2D eigenvalue weighted by Gasteiger charge is 2.35. The van der Waals surface area contributed by atoms with Crippen molar-refractivity contribution in [3.63, 3.8) is 0 Å². The molecule has 4 rings (SSSR count). The number of ether oxygens (including phenoxy) is 1. The molecule has 0 spiro atoms. The first-order chi connectivity index (χ1) is 14.3. The van der Waals surface area contributed by atoms with Crippen molar-refractivity contribution in [1.29, 1.82) is 0 Å². The monoisotopic (exact) mass is 444 g/mol. The number of rotatable bonds is 3. The lowest BCUT2D eigenvalue weighted by Crippen LogP contribution is -2.46. The number of carbonyl (C=O) groups is 1. The number of pyridine rings is 1. The molecule has 0 aromatic carbocycles. The summed E-state index contributed by atoms with van der Waals surface area (Å²) in [7, 11) is 0. The molecule has 0 bridgehead atoms. The van der Waals surface area contributed by atoms with E-state index in [2.05, 4.69) is 4.90 Å². The van der Waals surface area contributed by atoms with Gasteiger partial charge in [-0.3, -0.25) is 18.9 Å². The smallest absolute Gasteiger partial charge is 0.267 e. The van der Waals surface area contributed by atoms with E-state index in [0.717, 1.165) is 0 Å². The second-order valence-electron chi connectivity index (χ2n) is 7.89. The summed E-state index contributed by atoms with van der Waals surface area (Å²) in [6, 6.07) is 5.40. The van der Waals surface area contributed by atoms with Crippen LogP contribution in [0.5, 0.6) is 0 Å². The standard InChI is InChI=1S/C21H24N4O3S2/c1-12(2)25-20(27)16(30-21(25)29)9-15-18(23-10-13(3)28-14(4)11-23)22-17-7-5-6-8-24(17)19(15)26/h5-9,12-14H,10-11H2,1-4H3/b16-9+. The molecule has 2 aromatic heterocycles. The number of hydrogen-bond acceptors (Lipinski definition) is 7. The Morgan fingerprint density at radius 3 is 2.57 bits per heavy atom. The van der Waals surface area contributed by atoms with Gasteiger partial charge < -0.3 is 9.64 Å². The van der Waals surface area contributed by atoms with Crippen LogP contribution in [0, 0.1) is 0 Å². The van der Waals surface area contributed by atoms with Gasteiger partial charge in [-0.2, -0.15) is 0 Å². The molecule has 2 atom stereocenters. The molecule has 0 radical (unpaired) electrons. The molecule has 9 heteroatoms. The van der Waals surface area contributed by atoms with Gasteiger partial charge in [0, 0.05) is 25.3 Å². The number of thiocarbonyl (C=S) groups is 1. The van der Waals surface area contributed by atoms with Crippen LogP contribution in [0.15, 0.2) is 34.1 Å². The summed E-state index contributed by atoms with van der Waals surface area (Å²) < 4.78 is 7.86. The number of aromatic nitrogens is 2. The van der Waals surface area contributed by atoms with Gasteiger partial charge in [0.05, 0.1) is 22.7 Å². The number of morpholine rings is 1. The van der Waals surface area contributed by atoms with E-state index in [0.29, 0.717) is 39.3 Å². The minimum atomic E-state index is -0.211. The van der Waals surface area contributed by atoms with Crippen molar-refractivity contribution in [3.8, 4) is 0 Å². The molecular formula is C21H24N4O3S2. The number of carbonyl (C=O) groups excluding carboxylic acids is 1. The summed E-state index contributed by atoms with van der Waals surface area (Å²) in [6.45, 7) is 9.08.